The summed E-state index contributed by atoms with van der Waals surface area (Å²) in [4.78, 5) is 0. The number of nitrogens with one attached hydrogen (secondary N) is 2. The van der Waals surface area contributed by atoms with E-state index in [1.165, 1.54) is 7.11 Å². The van der Waals surface area contributed by atoms with Crippen molar-refractivity contribution in [2.75, 3.05) is 13.7 Å². The van der Waals surface area contributed by atoms with Crippen molar-refractivity contribution in [3.05, 3.63) is 0 Å². The standard InChI is InChI=1S/C3H7N3O/c1-7-2-3(4)6-5/h4-5H,2H2,1H3. The molecule has 4 heteroatoms. The number of hydrogen-bond donors (Lipinski definition) is 2. The fraction of sp³-hybridized carbons (Fsp3) is 0.667. The van der Waals surface area contributed by atoms with Crippen LogP contribution >= 0.6 is 0 Å². The predicted octanol–water partition coefficient (Wildman–Crippen LogP) is 0.641. The van der Waals surface area contributed by atoms with E-state index in [0.717, 1.165) is 0 Å². The second-order valence-electron chi connectivity index (χ2n) is 0.992. The average molecular weight is 101 g/mol. The zero-order valence-corrected chi connectivity index (χ0v) is 4.06. The summed E-state index contributed by atoms with van der Waals surface area (Å²) in [5.74, 6) is -0.0532. The molecule has 0 fully saturated rings. The van der Waals surface area contributed by atoms with Gasteiger partial charge >= 0.3 is 0 Å². The maximum atomic E-state index is 6.66. The van der Waals surface area contributed by atoms with Gasteiger partial charge in [-0.15, -0.1) is 5.11 Å². The lowest BCUT2D eigenvalue weighted by molar-refractivity contribution is 0.243. The van der Waals surface area contributed by atoms with Crippen molar-refractivity contribution in [1.29, 1.82) is 10.9 Å². The molecule has 0 radical (unpaired) electrons. The number of methoxy groups -OCH3 is 1. The maximum absolute atomic E-state index is 6.66. The Morgan fingerprint density at radius 1 is 1.86 bits per heavy atom. The first-order valence-corrected chi connectivity index (χ1v) is 1.75. The van der Waals surface area contributed by atoms with Gasteiger partial charge in [-0.3, -0.25) is 5.41 Å². The molecule has 0 atom stereocenters. The van der Waals surface area contributed by atoms with Crippen LogP contribution in [0.1, 0.15) is 0 Å². The first-order chi connectivity index (χ1) is 3.31. The molecule has 0 aliphatic rings. The normalized spacial score (nSPS) is 8.14. The van der Waals surface area contributed by atoms with Gasteiger partial charge in [0.1, 0.15) is 6.61 Å². The van der Waals surface area contributed by atoms with Gasteiger partial charge < -0.3 is 4.74 Å². The minimum absolute atomic E-state index is 0.0532. The van der Waals surface area contributed by atoms with E-state index in [1.807, 2.05) is 0 Å². The van der Waals surface area contributed by atoms with Gasteiger partial charge in [0.15, 0.2) is 5.84 Å². The fourth-order valence-electron chi connectivity index (χ4n) is 0.169. The van der Waals surface area contributed by atoms with Crippen LogP contribution in [-0.4, -0.2) is 19.6 Å². The highest BCUT2D eigenvalue weighted by Gasteiger charge is 1.85. The van der Waals surface area contributed by atoms with E-state index >= 15 is 0 Å². The van der Waals surface area contributed by atoms with Gasteiger partial charge in [0.2, 0.25) is 0 Å². The van der Waals surface area contributed by atoms with Crippen LogP contribution in [-0.2, 0) is 4.74 Å². The largest absolute Gasteiger partial charge is 0.377 e. The van der Waals surface area contributed by atoms with Gasteiger partial charge in [-0.25, -0.2) is 5.53 Å². The van der Waals surface area contributed by atoms with Crippen LogP contribution in [0.4, 0.5) is 0 Å². The third kappa shape index (κ3) is 3.05. The summed E-state index contributed by atoms with van der Waals surface area (Å²) in [7, 11) is 1.46. The van der Waals surface area contributed by atoms with Crippen molar-refractivity contribution < 1.29 is 4.74 Å². The predicted molar refractivity (Wildman–Crippen MR) is 24.8 cm³/mol. The van der Waals surface area contributed by atoms with Gasteiger partial charge in [-0.1, -0.05) is 0 Å². The molecule has 0 amide bonds. The molecule has 0 aromatic rings. The first kappa shape index (κ1) is 6.23. The lowest BCUT2D eigenvalue weighted by atomic mass is 10.7. The summed E-state index contributed by atoms with van der Waals surface area (Å²) in [6, 6.07) is 0. The van der Waals surface area contributed by atoms with Crippen LogP contribution in [0.3, 0.4) is 0 Å². The Morgan fingerprint density at radius 3 is 2.57 bits per heavy atom. The molecule has 0 aliphatic heterocycles. The Balaban J connectivity index is 3.17. The summed E-state index contributed by atoms with van der Waals surface area (Å²) in [5.41, 5.74) is 6.23. The molecular formula is C3H7N3O. The molecule has 0 aliphatic carbocycles. The third-order valence-corrected chi connectivity index (χ3v) is 0.416. The van der Waals surface area contributed by atoms with E-state index in [-0.39, 0.29) is 12.4 Å². The zero-order chi connectivity index (χ0) is 5.70. The van der Waals surface area contributed by atoms with Crippen LogP contribution < -0.4 is 0 Å². The third-order valence-electron chi connectivity index (χ3n) is 0.416. The number of nitrogens with zero attached hydrogens (tertiary/aromatic N) is 1. The smallest absolute Gasteiger partial charge is 0.168 e. The molecule has 0 rings (SSSR count). The van der Waals surface area contributed by atoms with E-state index in [2.05, 4.69) is 9.85 Å². The van der Waals surface area contributed by atoms with E-state index < -0.39 is 0 Å². The molecule has 0 saturated heterocycles. The Labute approximate surface area is 41.5 Å². The lowest BCUT2D eigenvalue weighted by Crippen LogP contribution is -1.99. The first-order valence-electron chi connectivity index (χ1n) is 1.75. The lowest BCUT2D eigenvalue weighted by Gasteiger charge is -1.88. The van der Waals surface area contributed by atoms with Gasteiger partial charge in [-0.05, 0) is 0 Å². The number of ether oxygens (including phenoxy) is 1. The van der Waals surface area contributed by atoms with Gasteiger partial charge in [0.05, 0.1) is 0 Å². The highest BCUT2D eigenvalue weighted by atomic mass is 16.5. The molecule has 0 spiro atoms. The molecule has 2 N–H and O–H groups in total. The second-order valence-corrected chi connectivity index (χ2v) is 0.992. The van der Waals surface area contributed by atoms with Crippen molar-refractivity contribution in [1.82, 2.24) is 0 Å². The van der Waals surface area contributed by atoms with Crippen molar-refractivity contribution in [3.63, 3.8) is 0 Å². The topological polar surface area (TPSA) is 69.3 Å². The quantitative estimate of drug-likeness (QED) is 0.299. The Kier molecular flexibility index (Phi) is 3.04. The average Bonchev–Trinajstić information content (AvgIpc) is 1.68. The number of rotatable bonds is 2. The fourth-order valence-corrected chi connectivity index (χ4v) is 0.169. The van der Waals surface area contributed by atoms with Crippen molar-refractivity contribution in [3.8, 4) is 0 Å². The monoisotopic (exact) mass is 101 g/mol. The Morgan fingerprint density at radius 2 is 2.43 bits per heavy atom. The summed E-state index contributed by atoms with van der Waals surface area (Å²) in [6.07, 6.45) is 0. The van der Waals surface area contributed by atoms with Crippen LogP contribution in [0, 0.1) is 10.9 Å². The van der Waals surface area contributed by atoms with Gasteiger partial charge in [0.25, 0.3) is 0 Å². The molecule has 0 unspecified atom stereocenters. The zero-order valence-electron chi connectivity index (χ0n) is 4.06. The molecule has 0 heterocycles. The highest BCUT2D eigenvalue weighted by molar-refractivity contribution is 5.80. The van der Waals surface area contributed by atoms with E-state index in [1.54, 1.807) is 0 Å². The Hall–Kier alpha value is -0.770. The number of amidine groups is 1. The maximum Gasteiger partial charge on any atom is 0.168 e. The van der Waals surface area contributed by atoms with Crippen LogP contribution in [0.5, 0.6) is 0 Å². The molecule has 7 heavy (non-hydrogen) atoms. The van der Waals surface area contributed by atoms with Crippen molar-refractivity contribution >= 4 is 5.84 Å². The molecule has 0 aromatic carbocycles. The SMILES string of the molecule is COCC(=N)N=N. The van der Waals surface area contributed by atoms with Gasteiger partial charge in [0, 0.05) is 7.11 Å². The molecule has 4 nitrogen and oxygen atoms in total. The van der Waals surface area contributed by atoms with E-state index in [9.17, 15) is 0 Å². The summed E-state index contributed by atoms with van der Waals surface area (Å²) < 4.78 is 4.46. The van der Waals surface area contributed by atoms with E-state index in [4.69, 9.17) is 10.9 Å². The minimum Gasteiger partial charge on any atom is -0.377 e. The molecule has 40 valence electrons. The van der Waals surface area contributed by atoms with Crippen molar-refractivity contribution in [2.24, 2.45) is 5.11 Å². The second kappa shape index (κ2) is 3.42. The summed E-state index contributed by atoms with van der Waals surface area (Å²) >= 11 is 0. The molecular weight excluding hydrogens is 94.1 g/mol. The molecule has 0 aromatic heterocycles. The minimum atomic E-state index is -0.0532. The molecule has 0 bridgehead atoms. The molecule has 0 saturated carbocycles. The van der Waals surface area contributed by atoms with E-state index in [0.29, 0.717) is 0 Å². The highest BCUT2D eigenvalue weighted by Crippen LogP contribution is 1.72. The van der Waals surface area contributed by atoms with Crippen LogP contribution in [0.25, 0.3) is 0 Å². The summed E-state index contributed by atoms with van der Waals surface area (Å²) in [6.45, 7) is 0.128. The van der Waals surface area contributed by atoms with Crippen molar-refractivity contribution in [2.45, 2.75) is 0 Å². The van der Waals surface area contributed by atoms with Crippen LogP contribution in [0.2, 0.25) is 0 Å². The Bertz CT molecular complexity index is 80.2. The van der Waals surface area contributed by atoms with Crippen LogP contribution in [0.15, 0.2) is 5.11 Å². The van der Waals surface area contributed by atoms with Gasteiger partial charge in [-0.2, -0.15) is 0 Å². The number of hydrogen-bond acceptors (Lipinski definition) is 3. The summed E-state index contributed by atoms with van der Waals surface area (Å²) in [5, 5.41) is 9.44.